The van der Waals surface area contributed by atoms with Gasteiger partial charge in [-0.2, -0.15) is 9.61 Å². The zero-order valence-corrected chi connectivity index (χ0v) is 17.8. The molecule has 0 aliphatic rings. The Labute approximate surface area is 187 Å². The first-order valence-corrected chi connectivity index (χ1v) is 10.2. The molecular weight excluding hydrogens is 420 g/mol. The van der Waals surface area contributed by atoms with Crippen LogP contribution in [0, 0.1) is 24.0 Å². The first-order chi connectivity index (χ1) is 15.9. The second-order valence-corrected chi connectivity index (χ2v) is 7.68. The molecule has 33 heavy (non-hydrogen) atoms. The average Bonchev–Trinajstić information content (AvgIpc) is 3.24. The number of carbonyl (C=O) groups is 1. The molecule has 0 aliphatic heterocycles. The number of nitrogens with zero attached hydrogens (tertiary/aromatic N) is 5. The number of aryl methyl sites for hydroxylation is 2. The van der Waals surface area contributed by atoms with Crippen LogP contribution in [0.15, 0.2) is 66.7 Å². The summed E-state index contributed by atoms with van der Waals surface area (Å²) in [5, 5.41) is 29.1. The van der Waals surface area contributed by atoms with Gasteiger partial charge in [-0.15, -0.1) is 10.2 Å². The van der Waals surface area contributed by atoms with E-state index in [0.29, 0.717) is 22.7 Å². The summed E-state index contributed by atoms with van der Waals surface area (Å²) in [4.78, 5) is 23.1. The second-order valence-electron chi connectivity index (χ2n) is 7.68. The summed E-state index contributed by atoms with van der Waals surface area (Å²) in [5.74, 6) is 0.195. The summed E-state index contributed by atoms with van der Waals surface area (Å²) >= 11 is 0. The molecule has 0 aliphatic carbocycles. The van der Waals surface area contributed by atoms with Crippen molar-refractivity contribution in [1.29, 1.82) is 0 Å². The van der Waals surface area contributed by atoms with Crippen molar-refractivity contribution >= 4 is 33.7 Å². The smallest absolute Gasteiger partial charge is 0.269 e. The Morgan fingerprint density at radius 1 is 0.970 bits per heavy atom. The van der Waals surface area contributed by atoms with Crippen LogP contribution in [0.3, 0.4) is 0 Å². The number of nitrogens with one attached hydrogen (secondary N) is 1. The van der Waals surface area contributed by atoms with E-state index in [2.05, 4.69) is 20.6 Å². The first kappa shape index (κ1) is 20.3. The van der Waals surface area contributed by atoms with E-state index in [-0.39, 0.29) is 11.6 Å². The Balaban J connectivity index is 1.52. The number of rotatable bonds is 4. The largest absolute Gasteiger partial charge is 0.322 e. The van der Waals surface area contributed by atoms with E-state index >= 15 is 0 Å². The molecule has 0 saturated heterocycles. The van der Waals surface area contributed by atoms with Crippen LogP contribution in [0.2, 0.25) is 0 Å². The summed E-state index contributed by atoms with van der Waals surface area (Å²) in [6.45, 7) is 3.82. The van der Waals surface area contributed by atoms with E-state index < -0.39 is 4.92 Å². The lowest BCUT2D eigenvalue weighted by Crippen LogP contribution is -2.13. The predicted octanol–water partition coefficient (Wildman–Crippen LogP) is 4.72. The molecule has 0 bridgehead atoms. The Morgan fingerprint density at radius 2 is 1.70 bits per heavy atom. The van der Waals surface area contributed by atoms with E-state index in [0.717, 1.165) is 27.6 Å². The van der Waals surface area contributed by atoms with Crippen molar-refractivity contribution in [3.05, 3.63) is 93.7 Å². The monoisotopic (exact) mass is 438 g/mol. The number of carbonyl (C=O) groups excluding carboxylic acids is 1. The summed E-state index contributed by atoms with van der Waals surface area (Å²) in [6.07, 6.45) is 0. The van der Waals surface area contributed by atoms with Gasteiger partial charge in [-0.3, -0.25) is 14.9 Å². The van der Waals surface area contributed by atoms with Crippen LogP contribution >= 0.6 is 0 Å². The van der Waals surface area contributed by atoms with Crippen LogP contribution < -0.4 is 5.32 Å². The minimum absolute atomic E-state index is 0.0706. The van der Waals surface area contributed by atoms with Gasteiger partial charge in [0, 0.05) is 39.7 Å². The molecule has 3 aromatic carbocycles. The molecule has 5 aromatic rings. The summed E-state index contributed by atoms with van der Waals surface area (Å²) in [7, 11) is 0. The Hall–Kier alpha value is -4.66. The molecule has 0 saturated carbocycles. The minimum Gasteiger partial charge on any atom is -0.322 e. The molecule has 0 radical (unpaired) electrons. The Bertz CT molecular complexity index is 1560. The molecule has 0 fully saturated rings. The fourth-order valence-corrected chi connectivity index (χ4v) is 3.74. The fourth-order valence-electron chi connectivity index (χ4n) is 3.74. The number of benzene rings is 3. The number of amides is 1. The highest BCUT2D eigenvalue weighted by Gasteiger charge is 2.16. The predicted molar refractivity (Wildman–Crippen MR) is 124 cm³/mol. The normalized spacial score (nSPS) is 11.1. The molecule has 9 nitrogen and oxygen atoms in total. The van der Waals surface area contributed by atoms with Gasteiger partial charge < -0.3 is 5.32 Å². The molecule has 0 atom stereocenters. The third-order valence-corrected chi connectivity index (χ3v) is 5.53. The van der Waals surface area contributed by atoms with Crippen molar-refractivity contribution in [2.75, 3.05) is 5.32 Å². The topological polar surface area (TPSA) is 115 Å². The summed E-state index contributed by atoms with van der Waals surface area (Å²) < 4.78 is 1.71. The number of nitro groups is 1. The van der Waals surface area contributed by atoms with Gasteiger partial charge in [-0.25, -0.2) is 0 Å². The molecule has 2 aromatic heterocycles. The van der Waals surface area contributed by atoms with Gasteiger partial charge >= 0.3 is 0 Å². The van der Waals surface area contributed by atoms with E-state index in [4.69, 9.17) is 0 Å². The zero-order valence-electron chi connectivity index (χ0n) is 17.8. The molecule has 162 valence electrons. The second kappa shape index (κ2) is 7.79. The van der Waals surface area contributed by atoms with Crippen LogP contribution in [0.4, 0.5) is 11.4 Å². The standard InChI is InChI=1S/C24H18N6O3/c1-14-7-8-17(13-21(14)25-24(31)16-9-11-18(12-10-16)30(32)33)22-26-27-23-20-6-4-3-5-19(20)15(2)28-29(22)23/h3-13H,1-2H3,(H,25,31). The molecule has 1 amide bonds. The van der Waals surface area contributed by atoms with Crippen molar-refractivity contribution in [2.45, 2.75) is 13.8 Å². The van der Waals surface area contributed by atoms with Gasteiger partial charge in [-0.05, 0) is 37.6 Å². The van der Waals surface area contributed by atoms with Gasteiger partial charge in [0.1, 0.15) is 0 Å². The third-order valence-electron chi connectivity index (χ3n) is 5.53. The van der Waals surface area contributed by atoms with Crippen LogP contribution in [0.5, 0.6) is 0 Å². The molecular formula is C24H18N6O3. The van der Waals surface area contributed by atoms with Gasteiger partial charge in [-0.1, -0.05) is 36.4 Å². The first-order valence-electron chi connectivity index (χ1n) is 10.2. The van der Waals surface area contributed by atoms with E-state index in [1.807, 2.05) is 56.3 Å². The van der Waals surface area contributed by atoms with Crippen molar-refractivity contribution in [3.63, 3.8) is 0 Å². The molecule has 0 unspecified atom stereocenters. The number of hydrogen-bond donors (Lipinski definition) is 1. The van der Waals surface area contributed by atoms with E-state index in [1.54, 1.807) is 4.52 Å². The highest BCUT2D eigenvalue weighted by molar-refractivity contribution is 6.05. The van der Waals surface area contributed by atoms with Crippen molar-refractivity contribution in [2.24, 2.45) is 0 Å². The minimum atomic E-state index is -0.503. The van der Waals surface area contributed by atoms with Crippen LogP contribution in [0.25, 0.3) is 27.8 Å². The molecule has 1 N–H and O–H groups in total. The van der Waals surface area contributed by atoms with Crippen molar-refractivity contribution in [1.82, 2.24) is 19.8 Å². The van der Waals surface area contributed by atoms with Crippen LogP contribution in [0.1, 0.15) is 21.6 Å². The zero-order chi connectivity index (χ0) is 23.1. The quantitative estimate of drug-likeness (QED) is 0.321. The van der Waals surface area contributed by atoms with E-state index in [9.17, 15) is 14.9 Å². The maximum atomic E-state index is 12.7. The number of anilines is 1. The lowest BCUT2D eigenvalue weighted by Gasteiger charge is -2.11. The maximum Gasteiger partial charge on any atom is 0.269 e. The highest BCUT2D eigenvalue weighted by atomic mass is 16.6. The lowest BCUT2D eigenvalue weighted by atomic mass is 10.1. The van der Waals surface area contributed by atoms with Gasteiger partial charge in [0.25, 0.3) is 11.6 Å². The van der Waals surface area contributed by atoms with Gasteiger partial charge in [0.05, 0.1) is 10.6 Å². The maximum absolute atomic E-state index is 12.7. The lowest BCUT2D eigenvalue weighted by molar-refractivity contribution is -0.384. The Kier molecular flexibility index (Phi) is 4.78. The molecule has 2 heterocycles. The molecule has 9 heteroatoms. The highest BCUT2D eigenvalue weighted by Crippen LogP contribution is 2.28. The van der Waals surface area contributed by atoms with Crippen molar-refractivity contribution < 1.29 is 9.72 Å². The van der Waals surface area contributed by atoms with Crippen LogP contribution in [-0.2, 0) is 0 Å². The molecule has 0 spiro atoms. The number of aromatic nitrogens is 4. The van der Waals surface area contributed by atoms with Gasteiger partial charge in [0.2, 0.25) is 0 Å². The summed E-state index contributed by atoms with van der Waals surface area (Å²) in [6, 6.07) is 19.0. The number of fused-ring (bicyclic) bond motifs is 3. The number of non-ortho nitro benzene ring substituents is 1. The SMILES string of the molecule is Cc1ccc(-c2nnc3c4ccccc4c(C)nn23)cc1NC(=O)c1ccc([N+](=O)[O-])cc1. The van der Waals surface area contributed by atoms with Crippen molar-refractivity contribution in [3.8, 4) is 11.4 Å². The van der Waals surface area contributed by atoms with Gasteiger partial charge in [0.15, 0.2) is 11.5 Å². The third kappa shape index (κ3) is 3.55. The number of hydrogen-bond acceptors (Lipinski definition) is 6. The van der Waals surface area contributed by atoms with E-state index in [1.165, 1.54) is 24.3 Å². The van der Waals surface area contributed by atoms with Crippen LogP contribution in [-0.4, -0.2) is 30.6 Å². The fraction of sp³-hybridized carbons (Fsp3) is 0.0833. The average molecular weight is 438 g/mol. The molecule has 5 rings (SSSR count). The summed E-state index contributed by atoms with van der Waals surface area (Å²) in [5.41, 5.74) is 3.97. The Morgan fingerprint density at radius 3 is 2.42 bits per heavy atom. The number of nitro benzene ring substituents is 1.